The summed E-state index contributed by atoms with van der Waals surface area (Å²) < 4.78 is 0. The van der Waals surface area contributed by atoms with Gasteiger partial charge in [0.05, 0.1) is 0 Å². The average molecular weight is 304 g/mol. The van der Waals surface area contributed by atoms with Crippen LogP contribution in [0.4, 0.5) is 0 Å². The standard InChI is InChI=1S/C23H28/c1-6-19-7-8-20-13-18(9-15(2)3)14-22(20)23(19)21-11-16(4)10-17(5)12-21/h7-8,10-12,14-15H,6,9,13H2,1-5H3. The van der Waals surface area contributed by atoms with Crippen LogP contribution in [0.2, 0.25) is 0 Å². The first-order valence-corrected chi connectivity index (χ1v) is 8.90. The smallest absolute Gasteiger partial charge is 0.00575 e. The molecule has 120 valence electrons. The van der Waals surface area contributed by atoms with E-state index in [0.29, 0.717) is 0 Å². The third kappa shape index (κ3) is 3.27. The van der Waals surface area contributed by atoms with Gasteiger partial charge in [0, 0.05) is 0 Å². The number of hydrogen-bond donors (Lipinski definition) is 0. The van der Waals surface area contributed by atoms with Crippen molar-refractivity contribution in [3.8, 4) is 11.1 Å². The van der Waals surface area contributed by atoms with E-state index >= 15 is 0 Å². The first-order chi connectivity index (χ1) is 11.0. The molecule has 0 saturated heterocycles. The van der Waals surface area contributed by atoms with E-state index in [1.807, 2.05) is 0 Å². The predicted octanol–water partition coefficient (Wildman–Crippen LogP) is 6.52. The lowest BCUT2D eigenvalue weighted by Crippen LogP contribution is -1.95. The van der Waals surface area contributed by atoms with Gasteiger partial charge in [0.1, 0.15) is 0 Å². The molecule has 0 unspecified atom stereocenters. The first kappa shape index (κ1) is 16.1. The number of benzene rings is 2. The minimum atomic E-state index is 0.728. The van der Waals surface area contributed by atoms with Crippen LogP contribution in [0.15, 0.2) is 35.9 Å². The number of allylic oxidation sites excluding steroid dienone is 1. The summed E-state index contributed by atoms with van der Waals surface area (Å²) in [6, 6.07) is 11.6. The summed E-state index contributed by atoms with van der Waals surface area (Å²) in [5.74, 6) is 0.728. The first-order valence-electron chi connectivity index (χ1n) is 8.90. The van der Waals surface area contributed by atoms with Gasteiger partial charge in [0.25, 0.3) is 0 Å². The van der Waals surface area contributed by atoms with Gasteiger partial charge >= 0.3 is 0 Å². The summed E-state index contributed by atoms with van der Waals surface area (Å²) in [7, 11) is 0. The molecule has 0 aromatic heterocycles. The molecule has 0 nitrogen and oxygen atoms in total. The summed E-state index contributed by atoms with van der Waals surface area (Å²) in [4.78, 5) is 0. The molecule has 0 N–H and O–H groups in total. The maximum absolute atomic E-state index is 2.47. The number of aryl methyl sites for hydroxylation is 3. The van der Waals surface area contributed by atoms with Crippen LogP contribution in [0, 0.1) is 19.8 Å². The van der Waals surface area contributed by atoms with Gasteiger partial charge in [-0.1, -0.05) is 73.9 Å². The lowest BCUT2D eigenvalue weighted by Gasteiger charge is -2.15. The Bertz CT molecular complexity index is 740. The highest BCUT2D eigenvalue weighted by Gasteiger charge is 2.19. The molecule has 1 aliphatic rings. The van der Waals surface area contributed by atoms with Crippen molar-refractivity contribution >= 4 is 6.08 Å². The molecule has 0 heteroatoms. The summed E-state index contributed by atoms with van der Waals surface area (Å²) in [5.41, 5.74) is 11.6. The minimum Gasteiger partial charge on any atom is -0.0649 e. The molecule has 0 amide bonds. The molecule has 0 bridgehead atoms. The highest BCUT2D eigenvalue weighted by Crippen LogP contribution is 2.39. The minimum absolute atomic E-state index is 0.728. The van der Waals surface area contributed by atoms with Gasteiger partial charge in [0.2, 0.25) is 0 Å². The van der Waals surface area contributed by atoms with Crippen molar-refractivity contribution in [1.29, 1.82) is 0 Å². The van der Waals surface area contributed by atoms with Gasteiger partial charge in [-0.2, -0.15) is 0 Å². The maximum atomic E-state index is 2.47. The van der Waals surface area contributed by atoms with Gasteiger partial charge in [-0.05, 0) is 66.8 Å². The van der Waals surface area contributed by atoms with Crippen LogP contribution < -0.4 is 0 Å². The lowest BCUT2D eigenvalue weighted by molar-refractivity contribution is 0.638. The molecule has 1 aliphatic carbocycles. The molecule has 0 radical (unpaired) electrons. The van der Waals surface area contributed by atoms with E-state index < -0.39 is 0 Å². The summed E-state index contributed by atoms with van der Waals surface area (Å²) >= 11 is 0. The van der Waals surface area contributed by atoms with E-state index in [1.54, 1.807) is 5.57 Å². The molecular formula is C23H28. The number of rotatable bonds is 4. The zero-order chi connectivity index (χ0) is 16.6. The molecule has 2 aromatic carbocycles. The molecule has 23 heavy (non-hydrogen) atoms. The van der Waals surface area contributed by atoms with Crippen molar-refractivity contribution in [2.75, 3.05) is 0 Å². The fourth-order valence-electron chi connectivity index (χ4n) is 3.94. The number of hydrogen-bond acceptors (Lipinski definition) is 0. The van der Waals surface area contributed by atoms with Crippen molar-refractivity contribution in [3.63, 3.8) is 0 Å². The molecule has 0 aliphatic heterocycles. The third-order valence-corrected chi connectivity index (χ3v) is 4.75. The normalized spacial score (nSPS) is 13.4. The predicted molar refractivity (Wildman–Crippen MR) is 102 cm³/mol. The second-order valence-electron chi connectivity index (χ2n) is 7.48. The van der Waals surface area contributed by atoms with Crippen molar-refractivity contribution in [2.45, 2.75) is 53.9 Å². The molecule has 0 spiro atoms. The second kappa shape index (κ2) is 6.35. The summed E-state index contributed by atoms with van der Waals surface area (Å²) in [5, 5.41) is 0. The zero-order valence-electron chi connectivity index (χ0n) is 15.2. The van der Waals surface area contributed by atoms with Crippen LogP contribution in [0.3, 0.4) is 0 Å². The fourth-order valence-corrected chi connectivity index (χ4v) is 3.94. The van der Waals surface area contributed by atoms with Crippen LogP contribution in [-0.2, 0) is 12.8 Å². The molecule has 0 atom stereocenters. The van der Waals surface area contributed by atoms with Crippen LogP contribution in [-0.4, -0.2) is 0 Å². The van der Waals surface area contributed by atoms with E-state index in [4.69, 9.17) is 0 Å². The Morgan fingerprint density at radius 1 is 1.00 bits per heavy atom. The molecule has 3 rings (SSSR count). The second-order valence-corrected chi connectivity index (χ2v) is 7.48. The molecular weight excluding hydrogens is 276 g/mol. The SMILES string of the molecule is CCc1ccc2c(c1-c1cc(C)cc(C)c1)C=C(CC(C)C)C2. The van der Waals surface area contributed by atoms with Crippen molar-refractivity contribution in [3.05, 3.63) is 63.7 Å². The molecule has 2 aromatic rings. The van der Waals surface area contributed by atoms with Gasteiger partial charge in [0.15, 0.2) is 0 Å². The van der Waals surface area contributed by atoms with E-state index in [1.165, 1.54) is 45.4 Å². The van der Waals surface area contributed by atoms with Crippen LogP contribution in [0.25, 0.3) is 17.2 Å². The highest BCUT2D eigenvalue weighted by atomic mass is 14.2. The van der Waals surface area contributed by atoms with Crippen molar-refractivity contribution in [1.82, 2.24) is 0 Å². The van der Waals surface area contributed by atoms with E-state index in [-0.39, 0.29) is 0 Å². The lowest BCUT2D eigenvalue weighted by atomic mass is 9.89. The Hall–Kier alpha value is -1.82. The molecule has 0 heterocycles. The van der Waals surface area contributed by atoms with Gasteiger partial charge < -0.3 is 0 Å². The molecule has 0 fully saturated rings. The van der Waals surface area contributed by atoms with Crippen molar-refractivity contribution in [2.24, 2.45) is 5.92 Å². The van der Waals surface area contributed by atoms with Crippen LogP contribution in [0.5, 0.6) is 0 Å². The summed E-state index contributed by atoms with van der Waals surface area (Å²) in [6.07, 6.45) is 5.90. The van der Waals surface area contributed by atoms with Gasteiger partial charge in [-0.25, -0.2) is 0 Å². The Morgan fingerprint density at radius 2 is 1.70 bits per heavy atom. The number of fused-ring (bicyclic) bond motifs is 1. The van der Waals surface area contributed by atoms with E-state index in [2.05, 4.69) is 71.0 Å². The fraction of sp³-hybridized carbons (Fsp3) is 0.391. The van der Waals surface area contributed by atoms with E-state index in [9.17, 15) is 0 Å². The highest BCUT2D eigenvalue weighted by molar-refractivity contribution is 5.83. The Kier molecular flexibility index (Phi) is 4.43. The Labute approximate surface area is 141 Å². The van der Waals surface area contributed by atoms with Crippen LogP contribution in [0.1, 0.15) is 55.0 Å². The molecule has 0 saturated carbocycles. The summed E-state index contributed by atoms with van der Waals surface area (Å²) in [6.45, 7) is 11.3. The monoisotopic (exact) mass is 304 g/mol. The Balaban J connectivity index is 2.16. The third-order valence-electron chi connectivity index (χ3n) is 4.75. The Morgan fingerprint density at radius 3 is 2.30 bits per heavy atom. The quantitative estimate of drug-likeness (QED) is 0.603. The van der Waals surface area contributed by atoms with Crippen molar-refractivity contribution < 1.29 is 0 Å². The zero-order valence-corrected chi connectivity index (χ0v) is 15.2. The van der Waals surface area contributed by atoms with Gasteiger partial charge in [-0.3, -0.25) is 0 Å². The van der Waals surface area contributed by atoms with Gasteiger partial charge in [-0.15, -0.1) is 0 Å². The largest absolute Gasteiger partial charge is 0.0649 e. The maximum Gasteiger partial charge on any atom is -0.00575 e. The van der Waals surface area contributed by atoms with Crippen LogP contribution >= 0.6 is 0 Å². The average Bonchev–Trinajstić information content (AvgIpc) is 2.86. The topological polar surface area (TPSA) is 0 Å². The van der Waals surface area contributed by atoms with E-state index in [0.717, 1.165) is 18.8 Å².